The summed E-state index contributed by atoms with van der Waals surface area (Å²) in [5.41, 5.74) is 1.87. The van der Waals surface area contributed by atoms with E-state index in [1.165, 1.54) is 34.8 Å². The van der Waals surface area contributed by atoms with Crippen LogP contribution in [0, 0.1) is 19.7 Å². The molecule has 0 fully saturated rings. The van der Waals surface area contributed by atoms with Gasteiger partial charge in [-0.2, -0.15) is 0 Å². The zero-order chi connectivity index (χ0) is 18.0. The molecule has 0 aliphatic carbocycles. The summed E-state index contributed by atoms with van der Waals surface area (Å²) in [5.74, 6) is -0.260. The van der Waals surface area contributed by atoms with E-state index in [0.29, 0.717) is 15.6 Å². The average molecular weight is 397 g/mol. The second-order valence-electron chi connectivity index (χ2n) is 5.61. The van der Waals surface area contributed by atoms with Crippen molar-refractivity contribution in [1.29, 1.82) is 0 Å². The zero-order valence-corrected chi connectivity index (χ0v) is 16.2. The van der Waals surface area contributed by atoms with Gasteiger partial charge in [-0.3, -0.25) is 0 Å². The van der Waals surface area contributed by atoms with Gasteiger partial charge in [-0.15, -0.1) is 22.7 Å². The Labute approximate surface area is 154 Å². The Balaban J connectivity index is 1.69. The van der Waals surface area contributed by atoms with Gasteiger partial charge in [-0.05, 0) is 43.7 Å². The summed E-state index contributed by atoms with van der Waals surface area (Å²) in [7, 11) is -3.51. The molecule has 25 heavy (non-hydrogen) atoms. The molecule has 0 saturated carbocycles. The molecular weight excluding hydrogens is 379 g/mol. The van der Waals surface area contributed by atoms with E-state index < -0.39 is 10.0 Å². The Hall–Kier alpha value is -1.61. The quantitative estimate of drug-likeness (QED) is 0.684. The topological polar surface area (TPSA) is 59.1 Å². The maximum Gasteiger partial charge on any atom is 0.250 e. The monoisotopic (exact) mass is 396 g/mol. The van der Waals surface area contributed by atoms with E-state index in [4.69, 9.17) is 0 Å². The predicted molar refractivity (Wildman–Crippen MR) is 99.1 cm³/mol. The van der Waals surface area contributed by atoms with Gasteiger partial charge in [0.1, 0.15) is 15.0 Å². The van der Waals surface area contributed by atoms with Crippen LogP contribution in [0.3, 0.4) is 0 Å². The van der Waals surface area contributed by atoms with Crippen molar-refractivity contribution in [1.82, 2.24) is 9.71 Å². The first-order chi connectivity index (χ1) is 11.8. The molecule has 2 heterocycles. The van der Waals surface area contributed by atoms with Crippen LogP contribution in [0.2, 0.25) is 0 Å². The number of thiophene rings is 1. The van der Waals surface area contributed by atoms with Gasteiger partial charge in [-0.25, -0.2) is 22.5 Å². The van der Waals surface area contributed by atoms with E-state index >= 15 is 0 Å². The minimum Gasteiger partial charge on any atom is -0.245 e. The molecule has 1 N–H and O–H groups in total. The number of hydrogen-bond acceptors (Lipinski definition) is 5. The molecule has 8 heteroatoms. The minimum absolute atomic E-state index is 0.161. The molecule has 0 aliphatic heterocycles. The van der Waals surface area contributed by atoms with Crippen molar-refractivity contribution in [3.8, 4) is 0 Å². The molecule has 1 aromatic carbocycles. The molecule has 3 aromatic rings. The Morgan fingerprint density at radius 3 is 2.44 bits per heavy atom. The van der Waals surface area contributed by atoms with Gasteiger partial charge in [0.05, 0.1) is 12.2 Å². The molecule has 0 aliphatic rings. The van der Waals surface area contributed by atoms with Crippen LogP contribution in [0.15, 0.2) is 40.6 Å². The van der Waals surface area contributed by atoms with Crippen molar-refractivity contribution < 1.29 is 12.8 Å². The Kier molecular flexibility index (Phi) is 5.33. The molecular formula is C17H17FN2O2S3. The van der Waals surface area contributed by atoms with E-state index in [1.807, 2.05) is 13.8 Å². The molecule has 2 aromatic heterocycles. The molecule has 4 nitrogen and oxygen atoms in total. The number of nitrogens with zero attached hydrogens (tertiary/aromatic N) is 1. The van der Waals surface area contributed by atoms with Crippen LogP contribution in [0.25, 0.3) is 0 Å². The third-order valence-electron chi connectivity index (χ3n) is 3.61. The zero-order valence-electron chi connectivity index (χ0n) is 13.7. The first-order valence-electron chi connectivity index (χ1n) is 7.59. The van der Waals surface area contributed by atoms with Crippen LogP contribution in [0.5, 0.6) is 0 Å². The van der Waals surface area contributed by atoms with Gasteiger partial charge >= 0.3 is 0 Å². The smallest absolute Gasteiger partial charge is 0.245 e. The number of aryl methyl sites for hydroxylation is 2. The predicted octanol–water partition coefficient (Wildman–Crippen LogP) is 4.03. The number of benzene rings is 1. The lowest BCUT2D eigenvalue weighted by Crippen LogP contribution is -2.22. The van der Waals surface area contributed by atoms with E-state index in [1.54, 1.807) is 24.3 Å². The standard InChI is InChI=1S/C17H17FN2O2S3/c1-11-3-8-17(23-11)25(21,22)19-10-16-20-12(2)15(24-16)9-13-4-6-14(18)7-5-13/h3-8,19H,9-10H2,1-2H3. The van der Waals surface area contributed by atoms with Crippen molar-refractivity contribution in [3.63, 3.8) is 0 Å². The SMILES string of the molecule is Cc1ccc(S(=O)(=O)NCc2nc(C)c(Cc3ccc(F)cc3)s2)s1. The van der Waals surface area contributed by atoms with Gasteiger partial charge in [0.15, 0.2) is 0 Å². The normalized spacial score (nSPS) is 11.8. The van der Waals surface area contributed by atoms with Gasteiger partial charge in [0, 0.05) is 16.2 Å². The summed E-state index contributed by atoms with van der Waals surface area (Å²) < 4.78 is 40.4. The summed E-state index contributed by atoms with van der Waals surface area (Å²) in [6.07, 6.45) is 0.653. The molecule has 3 rings (SSSR count). The molecule has 0 saturated heterocycles. The van der Waals surface area contributed by atoms with Crippen molar-refractivity contribution in [2.45, 2.75) is 31.0 Å². The van der Waals surface area contributed by atoms with E-state index in [-0.39, 0.29) is 12.4 Å². The number of rotatable bonds is 6. The summed E-state index contributed by atoms with van der Waals surface area (Å²) in [6.45, 7) is 3.93. The Morgan fingerprint density at radius 1 is 1.08 bits per heavy atom. The number of thiazole rings is 1. The highest BCUT2D eigenvalue weighted by Crippen LogP contribution is 2.24. The fraction of sp³-hybridized carbons (Fsp3) is 0.235. The highest BCUT2D eigenvalue weighted by Gasteiger charge is 2.17. The summed E-state index contributed by atoms with van der Waals surface area (Å²) in [6, 6.07) is 9.75. The van der Waals surface area contributed by atoms with Crippen molar-refractivity contribution in [2.24, 2.45) is 0 Å². The van der Waals surface area contributed by atoms with E-state index in [9.17, 15) is 12.8 Å². The first kappa shape index (κ1) is 18.2. The van der Waals surface area contributed by atoms with Crippen LogP contribution >= 0.6 is 22.7 Å². The van der Waals surface area contributed by atoms with Crippen LogP contribution in [-0.4, -0.2) is 13.4 Å². The molecule has 0 spiro atoms. The highest BCUT2D eigenvalue weighted by atomic mass is 32.2. The Morgan fingerprint density at radius 2 is 1.80 bits per heavy atom. The molecule has 0 amide bonds. The van der Waals surface area contributed by atoms with Gasteiger partial charge in [-0.1, -0.05) is 12.1 Å². The molecule has 132 valence electrons. The van der Waals surface area contributed by atoms with E-state index in [0.717, 1.165) is 21.0 Å². The largest absolute Gasteiger partial charge is 0.250 e. The molecule has 0 unspecified atom stereocenters. The van der Waals surface area contributed by atoms with Crippen LogP contribution in [-0.2, 0) is 23.0 Å². The lowest BCUT2D eigenvalue weighted by Gasteiger charge is -2.02. The molecule has 0 radical (unpaired) electrons. The fourth-order valence-corrected chi connectivity index (χ4v) is 5.75. The van der Waals surface area contributed by atoms with Gasteiger partial charge in [0.25, 0.3) is 0 Å². The summed E-state index contributed by atoms with van der Waals surface area (Å²) in [4.78, 5) is 6.45. The minimum atomic E-state index is -3.51. The summed E-state index contributed by atoms with van der Waals surface area (Å²) >= 11 is 2.71. The number of sulfonamides is 1. The maximum absolute atomic E-state index is 13.0. The highest BCUT2D eigenvalue weighted by molar-refractivity contribution is 7.91. The lowest BCUT2D eigenvalue weighted by atomic mass is 10.1. The number of nitrogens with one attached hydrogen (secondary N) is 1. The van der Waals surface area contributed by atoms with Crippen molar-refractivity contribution in [3.05, 3.63) is 68.2 Å². The van der Waals surface area contributed by atoms with Crippen LogP contribution in [0.1, 0.15) is 26.0 Å². The first-order valence-corrected chi connectivity index (χ1v) is 10.7. The maximum atomic E-state index is 13.0. The van der Waals surface area contributed by atoms with Crippen molar-refractivity contribution in [2.75, 3.05) is 0 Å². The number of hydrogen-bond donors (Lipinski definition) is 1. The Bertz CT molecular complexity index is 976. The number of aromatic nitrogens is 1. The molecule has 0 atom stereocenters. The van der Waals surface area contributed by atoms with Crippen LogP contribution in [0.4, 0.5) is 4.39 Å². The van der Waals surface area contributed by atoms with Gasteiger partial charge in [0.2, 0.25) is 10.0 Å². The lowest BCUT2D eigenvalue weighted by molar-refractivity contribution is 0.583. The average Bonchev–Trinajstić information content (AvgIpc) is 3.15. The van der Waals surface area contributed by atoms with E-state index in [2.05, 4.69) is 9.71 Å². The third-order valence-corrected chi connectivity index (χ3v) is 7.66. The summed E-state index contributed by atoms with van der Waals surface area (Å²) in [5, 5.41) is 0.714. The van der Waals surface area contributed by atoms with Crippen LogP contribution < -0.4 is 4.72 Å². The third kappa shape index (κ3) is 4.52. The second kappa shape index (κ2) is 7.33. The molecule has 0 bridgehead atoms. The van der Waals surface area contributed by atoms with Gasteiger partial charge < -0.3 is 0 Å². The second-order valence-corrected chi connectivity index (χ2v) is 10.1. The number of halogens is 1. The van der Waals surface area contributed by atoms with Crippen molar-refractivity contribution >= 4 is 32.7 Å². The fourth-order valence-electron chi connectivity index (χ4n) is 2.30.